The predicted octanol–water partition coefficient (Wildman–Crippen LogP) is 2.18. The number of aliphatic carboxylic acids is 1. The van der Waals surface area contributed by atoms with Gasteiger partial charge in [-0.25, -0.2) is 4.98 Å². The Morgan fingerprint density at radius 2 is 2.40 bits per heavy atom. The maximum Gasteiger partial charge on any atom is 0.307 e. The molecule has 78 valence electrons. The Bertz CT molecular complexity index is 506. The van der Waals surface area contributed by atoms with Crippen LogP contribution in [0.15, 0.2) is 27.8 Å². The molecule has 15 heavy (non-hydrogen) atoms. The Morgan fingerprint density at radius 3 is 3.07 bits per heavy atom. The first-order valence-corrected chi connectivity index (χ1v) is 5.57. The first kappa shape index (κ1) is 10.0. The maximum atomic E-state index is 10.6. The van der Waals surface area contributed by atoms with E-state index in [1.54, 1.807) is 18.2 Å². The molecule has 0 aliphatic heterocycles. The van der Waals surface area contributed by atoms with Crippen LogP contribution >= 0.6 is 11.8 Å². The Hall–Kier alpha value is -1.49. The van der Waals surface area contributed by atoms with Gasteiger partial charge in [0.05, 0.1) is 6.42 Å². The Morgan fingerprint density at radius 1 is 1.60 bits per heavy atom. The smallest absolute Gasteiger partial charge is 0.307 e. The molecule has 4 nitrogen and oxygen atoms in total. The van der Waals surface area contributed by atoms with Crippen molar-refractivity contribution < 1.29 is 14.3 Å². The molecule has 2 rings (SSSR count). The number of carboxylic acid groups (broad SMARTS) is 1. The summed E-state index contributed by atoms with van der Waals surface area (Å²) in [5.41, 5.74) is 1.96. The van der Waals surface area contributed by atoms with Gasteiger partial charge in [0.1, 0.15) is 5.52 Å². The zero-order valence-electron chi connectivity index (χ0n) is 8.06. The molecule has 0 atom stereocenters. The van der Waals surface area contributed by atoms with E-state index >= 15 is 0 Å². The van der Waals surface area contributed by atoms with E-state index in [2.05, 4.69) is 4.98 Å². The van der Waals surface area contributed by atoms with Gasteiger partial charge in [-0.15, -0.1) is 0 Å². The highest BCUT2D eigenvalue weighted by Gasteiger charge is 2.10. The van der Waals surface area contributed by atoms with Gasteiger partial charge in [-0.3, -0.25) is 4.79 Å². The van der Waals surface area contributed by atoms with Gasteiger partial charge in [0.15, 0.2) is 5.58 Å². The average molecular weight is 223 g/mol. The molecule has 0 unspecified atom stereocenters. The van der Waals surface area contributed by atoms with Crippen molar-refractivity contribution in [3.8, 4) is 0 Å². The Labute approximate surface area is 90.3 Å². The normalized spacial score (nSPS) is 10.7. The average Bonchev–Trinajstić information content (AvgIpc) is 2.61. The fourth-order valence-electron chi connectivity index (χ4n) is 1.38. The molecule has 2 aromatic rings. The zero-order chi connectivity index (χ0) is 10.8. The number of carbonyl (C=O) groups is 1. The fourth-order valence-corrected chi connectivity index (χ4v) is 1.73. The number of hydrogen-bond donors (Lipinski definition) is 1. The number of rotatable bonds is 3. The number of benzene rings is 1. The van der Waals surface area contributed by atoms with Gasteiger partial charge in [-0.2, -0.15) is 0 Å². The van der Waals surface area contributed by atoms with E-state index in [1.807, 2.05) is 6.26 Å². The molecule has 1 heterocycles. The quantitative estimate of drug-likeness (QED) is 0.808. The van der Waals surface area contributed by atoms with Gasteiger partial charge in [-0.05, 0) is 17.9 Å². The summed E-state index contributed by atoms with van der Waals surface area (Å²) >= 11 is 1.40. The summed E-state index contributed by atoms with van der Waals surface area (Å²) in [7, 11) is 0. The molecule has 1 aromatic carbocycles. The molecular weight excluding hydrogens is 214 g/mol. The molecule has 0 radical (unpaired) electrons. The number of fused-ring (bicyclic) bond motifs is 1. The zero-order valence-corrected chi connectivity index (χ0v) is 8.87. The molecule has 0 saturated heterocycles. The molecule has 0 spiro atoms. The molecule has 0 bridgehead atoms. The standard InChI is InChI=1S/C10H9NO3S/c1-15-10-11-9-6(5-8(12)13)3-2-4-7(9)14-10/h2-4H,5H2,1H3,(H,12,13). The highest BCUT2D eigenvalue weighted by Crippen LogP contribution is 2.24. The van der Waals surface area contributed by atoms with E-state index in [0.717, 1.165) is 0 Å². The molecule has 0 aliphatic rings. The van der Waals surface area contributed by atoms with E-state index in [0.29, 0.717) is 21.9 Å². The second kappa shape index (κ2) is 3.94. The Balaban J connectivity index is 2.54. The third-order valence-corrected chi connectivity index (χ3v) is 2.52. The first-order chi connectivity index (χ1) is 7.20. The summed E-state index contributed by atoms with van der Waals surface area (Å²) in [6.07, 6.45) is 1.83. The maximum absolute atomic E-state index is 10.6. The van der Waals surface area contributed by atoms with Crippen LogP contribution in [0, 0.1) is 0 Å². The van der Waals surface area contributed by atoms with Crippen LogP contribution in [0.4, 0.5) is 0 Å². The monoisotopic (exact) mass is 223 g/mol. The highest BCUT2D eigenvalue weighted by atomic mass is 32.2. The number of carboxylic acids is 1. The topological polar surface area (TPSA) is 63.3 Å². The molecular formula is C10H9NO3S. The fraction of sp³-hybridized carbons (Fsp3) is 0.200. The Kier molecular flexibility index (Phi) is 2.64. The number of aromatic nitrogens is 1. The number of para-hydroxylation sites is 1. The molecule has 0 fully saturated rings. The van der Waals surface area contributed by atoms with Crippen LogP contribution in [0.25, 0.3) is 11.1 Å². The van der Waals surface area contributed by atoms with E-state index in [-0.39, 0.29) is 6.42 Å². The summed E-state index contributed by atoms with van der Waals surface area (Å²) in [4.78, 5) is 14.8. The summed E-state index contributed by atoms with van der Waals surface area (Å²) < 4.78 is 5.40. The van der Waals surface area contributed by atoms with Gasteiger partial charge in [0, 0.05) is 0 Å². The summed E-state index contributed by atoms with van der Waals surface area (Å²) in [6.45, 7) is 0. The van der Waals surface area contributed by atoms with Crippen molar-refractivity contribution in [1.29, 1.82) is 0 Å². The van der Waals surface area contributed by atoms with Crippen molar-refractivity contribution >= 4 is 28.8 Å². The number of hydrogen-bond acceptors (Lipinski definition) is 4. The van der Waals surface area contributed by atoms with Crippen LogP contribution in [-0.2, 0) is 11.2 Å². The number of nitrogens with zero attached hydrogens (tertiary/aromatic N) is 1. The van der Waals surface area contributed by atoms with E-state index in [4.69, 9.17) is 9.52 Å². The van der Waals surface area contributed by atoms with Crippen LogP contribution in [0.2, 0.25) is 0 Å². The van der Waals surface area contributed by atoms with Gasteiger partial charge >= 0.3 is 5.97 Å². The molecule has 5 heteroatoms. The van der Waals surface area contributed by atoms with Crippen LogP contribution in [0.3, 0.4) is 0 Å². The largest absolute Gasteiger partial charge is 0.481 e. The number of oxazole rings is 1. The van der Waals surface area contributed by atoms with Gasteiger partial charge in [0.25, 0.3) is 5.22 Å². The number of thioether (sulfide) groups is 1. The SMILES string of the molecule is CSc1nc2c(CC(=O)O)cccc2o1. The highest BCUT2D eigenvalue weighted by molar-refractivity contribution is 7.98. The van der Waals surface area contributed by atoms with Crippen molar-refractivity contribution in [2.45, 2.75) is 11.6 Å². The second-order valence-electron chi connectivity index (χ2n) is 3.02. The van der Waals surface area contributed by atoms with Gasteiger partial charge in [0.2, 0.25) is 0 Å². The second-order valence-corrected chi connectivity index (χ2v) is 3.78. The van der Waals surface area contributed by atoms with Crippen LogP contribution < -0.4 is 0 Å². The minimum atomic E-state index is -0.865. The van der Waals surface area contributed by atoms with Crippen molar-refractivity contribution in [3.05, 3.63) is 23.8 Å². The molecule has 0 aliphatic carbocycles. The van der Waals surface area contributed by atoms with Crippen molar-refractivity contribution in [2.75, 3.05) is 6.26 Å². The lowest BCUT2D eigenvalue weighted by Gasteiger charge is -1.95. The van der Waals surface area contributed by atoms with Gasteiger partial charge < -0.3 is 9.52 Å². The summed E-state index contributed by atoms with van der Waals surface area (Å²) in [5, 5.41) is 9.28. The van der Waals surface area contributed by atoms with E-state index in [9.17, 15) is 4.79 Å². The van der Waals surface area contributed by atoms with Crippen molar-refractivity contribution in [2.24, 2.45) is 0 Å². The molecule has 1 N–H and O–H groups in total. The van der Waals surface area contributed by atoms with Crippen molar-refractivity contribution in [3.63, 3.8) is 0 Å². The lowest BCUT2D eigenvalue weighted by Crippen LogP contribution is -2.00. The third-order valence-electron chi connectivity index (χ3n) is 2.00. The summed E-state index contributed by atoms with van der Waals surface area (Å²) in [6, 6.07) is 5.31. The van der Waals surface area contributed by atoms with E-state index < -0.39 is 5.97 Å². The lowest BCUT2D eigenvalue weighted by atomic mass is 10.1. The van der Waals surface area contributed by atoms with Gasteiger partial charge in [-0.1, -0.05) is 23.9 Å². The molecule has 0 saturated carbocycles. The van der Waals surface area contributed by atoms with Crippen molar-refractivity contribution in [1.82, 2.24) is 4.98 Å². The minimum absolute atomic E-state index is 0.0301. The lowest BCUT2D eigenvalue weighted by molar-refractivity contribution is -0.136. The molecule has 0 amide bonds. The van der Waals surface area contributed by atoms with Crippen LogP contribution in [0.1, 0.15) is 5.56 Å². The van der Waals surface area contributed by atoms with Crippen LogP contribution in [0.5, 0.6) is 0 Å². The molecule has 1 aromatic heterocycles. The minimum Gasteiger partial charge on any atom is -0.481 e. The van der Waals surface area contributed by atoms with Crippen LogP contribution in [-0.4, -0.2) is 22.3 Å². The van der Waals surface area contributed by atoms with E-state index in [1.165, 1.54) is 11.8 Å². The predicted molar refractivity (Wildman–Crippen MR) is 57.1 cm³/mol. The third kappa shape index (κ3) is 1.97. The first-order valence-electron chi connectivity index (χ1n) is 4.35. The summed E-state index contributed by atoms with van der Waals surface area (Å²) in [5.74, 6) is -0.865.